The summed E-state index contributed by atoms with van der Waals surface area (Å²) in [6.07, 6.45) is 0.704. The first kappa shape index (κ1) is 15.2. The van der Waals surface area contributed by atoms with Crippen LogP contribution in [-0.2, 0) is 9.63 Å². The molecular weight excluding hydrogens is 338 g/mol. The molecule has 0 fully saturated rings. The molecular formula is C15H16BrNO2S. The molecule has 0 unspecified atom stereocenters. The van der Waals surface area contributed by atoms with Crippen LogP contribution in [0.4, 0.5) is 5.69 Å². The average Bonchev–Trinajstić information content (AvgIpc) is 2.85. The molecule has 20 heavy (non-hydrogen) atoms. The van der Waals surface area contributed by atoms with E-state index in [1.165, 1.54) is 5.06 Å². The van der Waals surface area contributed by atoms with E-state index in [9.17, 15) is 4.79 Å². The first-order valence-corrected chi connectivity index (χ1v) is 7.85. The SMILES string of the molecule is CC(C)(C)ON(C=O)c1ccsc1-c1ccc(Br)cc1. The zero-order chi connectivity index (χ0) is 14.8. The number of hydrogen-bond acceptors (Lipinski definition) is 3. The van der Waals surface area contributed by atoms with Gasteiger partial charge in [-0.1, -0.05) is 28.1 Å². The largest absolute Gasteiger partial charge is 0.276 e. The second-order valence-electron chi connectivity index (χ2n) is 5.28. The highest BCUT2D eigenvalue weighted by atomic mass is 79.9. The van der Waals surface area contributed by atoms with Crippen molar-refractivity contribution in [1.29, 1.82) is 0 Å². The van der Waals surface area contributed by atoms with E-state index in [-0.39, 0.29) is 0 Å². The monoisotopic (exact) mass is 353 g/mol. The van der Waals surface area contributed by atoms with Crippen LogP contribution in [-0.4, -0.2) is 12.0 Å². The van der Waals surface area contributed by atoms with E-state index < -0.39 is 5.60 Å². The number of halogens is 1. The molecule has 2 rings (SSSR count). The fraction of sp³-hybridized carbons (Fsp3) is 0.267. The van der Waals surface area contributed by atoms with Gasteiger partial charge in [0.1, 0.15) is 0 Å². The lowest BCUT2D eigenvalue weighted by atomic mass is 10.1. The van der Waals surface area contributed by atoms with Gasteiger partial charge in [0.05, 0.1) is 16.2 Å². The molecule has 0 aliphatic heterocycles. The van der Waals surface area contributed by atoms with Gasteiger partial charge in [-0.15, -0.1) is 11.3 Å². The summed E-state index contributed by atoms with van der Waals surface area (Å²) < 4.78 is 1.03. The van der Waals surface area contributed by atoms with E-state index >= 15 is 0 Å². The Morgan fingerprint density at radius 2 is 1.85 bits per heavy atom. The predicted molar refractivity (Wildman–Crippen MR) is 86.8 cm³/mol. The van der Waals surface area contributed by atoms with Crippen molar-refractivity contribution in [1.82, 2.24) is 0 Å². The molecule has 0 bridgehead atoms. The Labute approximate surface area is 131 Å². The predicted octanol–water partition coefficient (Wildman–Crippen LogP) is 4.87. The molecule has 3 nitrogen and oxygen atoms in total. The Hall–Kier alpha value is -1.17. The molecule has 1 aromatic heterocycles. The quantitative estimate of drug-likeness (QED) is 0.579. The third kappa shape index (κ3) is 3.69. The number of thiophene rings is 1. The van der Waals surface area contributed by atoms with Crippen LogP contribution >= 0.6 is 27.3 Å². The Morgan fingerprint density at radius 1 is 1.20 bits per heavy atom. The fourth-order valence-electron chi connectivity index (χ4n) is 1.72. The van der Waals surface area contributed by atoms with Crippen molar-refractivity contribution in [3.63, 3.8) is 0 Å². The molecule has 1 amide bonds. The minimum absolute atomic E-state index is 0.431. The third-order valence-electron chi connectivity index (χ3n) is 2.46. The Bertz CT molecular complexity index is 587. The summed E-state index contributed by atoms with van der Waals surface area (Å²) in [7, 11) is 0. The zero-order valence-corrected chi connectivity index (χ0v) is 14.0. The molecule has 5 heteroatoms. The van der Waals surface area contributed by atoms with Crippen LogP contribution in [0.5, 0.6) is 0 Å². The van der Waals surface area contributed by atoms with Gasteiger partial charge >= 0.3 is 0 Å². The minimum atomic E-state index is -0.431. The van der Waals surface area contributed by atoms with Crippen molar-refractivity contribution in [2.45, 2.75) is 26.4 Å². The number of nitrogens with zero attached hydrogens (tertiary/aromatic N) is 1. The average molecular weight is 354 g/mol. The summed E-state index contributed by atoms with van der Waals surface area (Å²) >= 11 is 5.00. The number of benzene rings is 1. The Balaban J connectivity index is 2.36. The van der Waals surface area contributed by atoms with Gasteiger partial charge in [0.2, 0.25) is 6.41 Å². The highest BCUT2D eigenvalue weighted by Gasteiger charge is 2.21. The molecule has 0 saturated carbocycles. The summed E-state index contributed by atoms with van der Waals surface area (Å²) in [5.41, 5.74) is 1.39. The fourth-order valence-corrected chi connectivity index (χ4v) is 2.86. The van der Waals surface area contributed by atoms with E-state index in [1.807, 2.05) is 56.5 Å². The molecule has 106 valence electrons. The standard InChI is InChI=1S/C15H16BrNO2S/c1-15(2,3)19-17(10-18)13-8-9-20-14(13)11-4-6-12(16)7-5-11/h4-10H,1-3H3. The molecule has 0 aliphatic carbocycles. The van der Waals surface area contributed by atoms with Gasteiger partial charge < -0.3 is 0 Å². The van der Waals surface area contributed by atoms with Crippen molar-refractivity contribution < 1.29 is 9.63 Å². The lowest BCUT2D eigenvalue weighted by Crippen LogP contribution is -2.33. The van der Waals surface area contributed by atoms with E-state index in [0.717, 1.165) is 20.6 Å². The smallest absolute Gasteiger partial charge is 0.238 e. The van der Waals surface area contributed by atoms with Crippen molar-refractivity contribution in [2.24, 2.45) is 0 Å². The lowest BCUT2D eigenvalue weighted by molar-refractivity contribution is -0.120. The van der Waals surface area contributed by atoms with Crippen LogP contribution in [0.2, 0.25) is 0 Å². The van der Waals surface area contributed by atoms with Gasteiger partial charge in [0.25, 0.3) is 0 Å². The summed E-state index contributed by atoms with van der Waals surface area (Å²) in [5, 5.41) is 3.25. The molecule has 1 aromatic carbocycles. The molecule has 0 N–H and O–H groups in total. The van der Waals surface area contributed by atoms with E-state index in [0.29, 0.717) is 6.41 Å². The molecule has 0 saturated heterocycles. The number of carbonyl (C=O) groups excluding carboxylic acids is 1. The lowest BCUT2D eigenvalue weighted by Gasteiger charge is -2.26. The summed E-state index contributed by atoms with van der Waals surface area (Å²) in [6.45, 7) is 5.74. The van der Waals surface area contributed by atoms with Gasteiger partial charge in [-0.3, -0.25) is 9.63 Å². The van der Waals surface area contributed by atoms with Crippen molar-refractivity contribution in [2.75, 3.05) is 5.06 Å². The maximum absolute atomic E-state index is 11.3. The first-order valence-electron chi connectivity index (χ1n) is 6.18. The number of anilines is 1. The second-order valence-corrected chi connectivity index (χ2v) is 7.11. The highest BCUT2D eigenvalue weighted by Crippen LogP contribution is 2.37. The van der Waals surface area contributed by atoms with Crippen LogP contribution in [0, 0.1) is 0 Å². The number of rotatable bonds is 4. The number of carbonyl (C=O) groups is 1. The van der Waals surface area contributed by atoms with Crippen LogP contribution in [0.15, 0.2) is 40.2 Å². The van der Waals surface area contributed by atoms with Crippen LogP contribution in [0.3, 0.4) is 0 Å². The highest BCUT2D eigenvalue weighted by molar-refractivity contribution is 9.10. The van der Waals surface area contributed by atoms with Crippen LogP contribution in [0.1, 0.15) is 20.8 Å². The minimum Gasteiger partial charge on any atom is -0.276 e. The summed E-state index contributed by atoms with van der Waals surface area (Å²) in [5.74, 6) is 0. The van der Waals surface area contributed by atoms with Crippen LogP contribution in [0.25, 0.3) is 10.4 Å². The van der Waals surface area contributed by atoms with Gasteiger partial charge in [0, 0.05) is 4.47 Å². The van der Waals surface area contributed by atoms with Gasteiger partial charge in [-0.05, 0) is 49.9 Å². The summed E-state index contributed by atoms with van der Waals surface area (Å²) in [6, 6.07) is 9.88. The van der Waals surface area contributed by atoms with Gasteiger partial charge in [-0.25, -0.2) is 0 Å². The molecule has 0 radical (unpaired) electrons. The zero-order valence-electron chi connectivity index (χ0n) is 11.6. The third-order valence-corrected chi connectivity index (χ3v) is 3.94. The molecule has 0 aliphatic rings. The summed E-state index contributed by atoms with van der Waals surface area (Å²) in [4.78, 5) is 18.0. The van der Waals surface area contributed by atoms with E-state index in [2.05, 4.69) is 15.9 Å². The van der Waals surface area contributed by atoms with E-state index in [1.54, 1.807) is 11.3 Å². The number of hydrogen-bond donors (Lipinski definition) is 0. The second kappa shape index (κ2) is 6.08. The van der Waals surface area contributed by atoms with E-state index in [4.69, 9.17) is 4.84 Å². The van der Waals surface area contributed by atoms with Crippen molar-refractivity contribution >= 4 is 39.4 Å². The number of amides is 1. The molecule has 1 heterocycles. The van der Waals surface area contributed by atoms with Gasteiger partial charge in [0.15, 0.2) is 0 Å². The topological polar surface area (TPSA) is 29.5 Å². The molecule has 0 atom stereocenters. The normalized spacial score (nSPS) is 11.4. The first-order chi connectivity index (χ1) is 9.40. The Kier molecular flexibility index (Phi) is 4.62. The van der Waals surface area contributed by atoms with Crippen molar-refractivity contribution in [3.05, 3.63) is 40.2 Å². The van der Waals surface area contributed by atoms with Gasteiger partial charge in [-0.2, -0.15) is 5.06 Å². The molecule has 2 aromatic rings. The Morgan fingerprint density at radius 3 is 2.40 bits per heavy atom. The van der Waals surface area contributed by atoms with Crippen LogP contribution < -0.4 is 5.06 Å². The maximum Gasteiger partial charge on any atom is 0.238 e. The van der Waals surface area contributed by atoms with Crippen molar-refractivity contribution in [3.8, 4) is 10.4 Å². The maximum atomic E-state index is 11.3. The number of hydroxylamine groups is 1. The molecule has 0 spiro atoms.